The number of hydrogen-bond acceptors (Lipinski definition) is 6. The summed E-state index contributed by atoms with van der Waals surface area (Å²) in [5.74, 6) is 0. The molecule has 0 spiro atoms. The van der Waals surface area contributed by atoms with Crippen LogP contribution in [0, 0.1) is 0 Å². The fraction of sp³-hybridized carbons (Fsp3) is 1.00. The first-order valence-electron chi connectivity index (χ1n) is 3.23. The van der Waals surface area contributed by atoms with E-state index >= 15 is 0 Å². The average Bonchev–Trinajstić information content (AvgIpc) is 2.12. The van der Waals surface area contributed by atoms with Gasteiger partial charge >= 0.3 is 23.8 Å². The monoisotopic (exact) mass is 273 g/mol. The van der Waals surface area contributed by atoms with E-state index in [2.05, 4.69) is 17.5 Å². The van der Waals surface area contributed by atoms with Gasteiger partial charge in [-0.05, 0) is 3.97 Å². The van der Waals surface area contributed by atoms with Gasteiger partial charge in [0.05, 0.1) is 21.3 Å². The summed E-state index contributed by atoms with van der Waals surface area (Å²) in [6, 6.07) is 0. The first kappa shape index (κ1) is 15.0. The van der Waals surface area contributed by atoms with Crippen LogP contribution in [-0.4, -0.2) is 35.3 Å². The molecule has 0 atom stereocenters. The van der Waals surface area contributed by atoms with Crippen molar-refractivity contribution in [2.75, 3.05) is 21.3 Å². The van der Waals surface area contributed by atoms with Crippen LogP contribution in [0.15, 0.2) is 0 Å². The molecule has 0 fully saturated rings. The second-order valence-corrected chi connectivity index (χ2v) is 5.93. The van der Waals surface area contributed by atoms with Crippen molar-refractivity contribution >= 4 is 18.3 Å². The van der Waals surface area contributed by atoms with E-state index in [1.807, 2.05) is 0 Å². The van der Waals surface area contributed by atoms with Crippen LogP contribution in [0.25, 0.3) is 0 Å². The second kappa shape index (κ2) is 4.89. The highest BCUT2D eigenvalue weighted by atomic mass is 32.2. The number of rotatable bonds is 5. The zero-order valence-corrected chi connectivity index (χ0v) is 9.65. The van der Waals surface area contributed by atoms with Gasteiger partial charge in [-0.1, -0.05) is 0 Å². The lowest BCUT2D eigenvalue weighted by Gasteiger charge is -2.14. The van der Waals surface area contributed by atoms with Crippen molar-refractivity contribution < 1.29 is 39.1 Å². The first-order valence-corrected chi connectivity index (χ1v) is 6.09. The zero-order chi connectivity index (χ0) is 12.3. The highest BCUT2D eigenvalue weighted by Gasteiger charge is 2.60. The SMILES string of the molecule is CO[P+](OC)(OC)OS(=O)(=O)C(F)(F)F. The minimum absolute atomic E-state index is 0.896. The average molecular weight is 273 g/mol. The molecule has 0 unspecified atom stereocenters. The van der Waals surface area contributed by atoms with Gasteiger partial charge in [0.2, 0.25) is 0 Å². The molecule has 0 radical (unpaired) electrons. The molecule has 0 aromatic heterocycles. The molecule has 0 N–H and O–H groups in total. The molecule has 0 saturated carbocycles. The lowest BCUT2D eigenvalue weighted by Crippen LogP contribution is -2.26. The lowest BCUT2D eigenvalue weighted by molar-refractivity contribution is -0.0520. The normalized spacial score (nSPS) is 14.3. The highest BCUT2D eigenvalue weighted by molar-refractivity contribution is 7.92. The molecular weight excluding hydrogens is 264 g/mol. The van der Waals surface area contributed by atoms with Crippen molar-refractivity contribution in [2.45, 2.75) is 5.51 Å². The number of alkyl halides is 3. The van der Waals surface area contributed by atoms with Crippen molar-refractivity contribution in [3.05, 3.63) is 0 Å². The van der Waals surface area contributed by atoms with Crippen molar-refractivity contribution in [1.29, 1.82) is 0 Å². The molecule has 0 amide bonds. The Morgan fingerprint density at radius 2 is 1.33 bits per heavy atom. The van der Waals surface area contributed by atoms with Crippen LogP contribution in [0.4, 0.5) is 13.2 Å². The lowest BCUT2D eigenvalue weighted by atomic mass is 11.6. The Hall–Kier alpha value is 0.0100. The van der Waals surface area contributed by atoms with Gasteiger partial charge < -0.3 is 0 Å². The third-order valence-electron chi connectivity index (χ3n) is 1.14. The van der Waals surface area contributed by atoms with Gasteiger partial charge in [0.15, 0.2) is 0 Å². The molecule has 15 heavy (non-hydrogen) atoms. The van der Waals surface area contributed by atoms with Gasteiger partial charge in [-0.25, -0.2) is 0 Å². The number of halogens is 3. The van der Waals surface area contributed by atoms with Crippen LogP contribution >= 0.6 is 8.17 Å². The van der Waals surface area contributed by atoms with Crippen molar-refractivity contribution in [2.24, 2.45) is 0 Å². The smallest absolute Gasteiger partial charge is 0.186 e. The predicted molar refractivity (Wildman–Crippen MR) is 44.0 cm³/mol. The molecular formula is C4H9F3O6PS+. The van der Waals surface area contributed by atoms with E-state index in [-0.39, 0.29) is 0 Å². The molecule has 0 bridgehead atoms. The summed E-state index contributed by atoms with van der Waals surface area (Å²) in [7, 11) is -7.10. The Balaban J connectivity index is 5.00. The molecule has 0 rings (SSSR count). The predicted octanol–water partition coefficient (Wildman–Crippen LogP) is 1.47. The van der Waals surface area contributed by atoms with E-state index < -0.39 is 23.8 Å². The molecule has 0 aliphatic carbocycles. The van der Waals surface area contributed by atoms with Crippen molar-refractivity contribution in [3.8, 4) is 0 Å². The van der Waals surface area contributed by atoms with Crippen LogP contribution in [0.5, 0.6) is 0 Å². The first-order chi connectivity index (χ1) is 6.64. The Kier molecular flexibility index (Phi) is 4.90. The third-order valence-corrected chi connectivity index (χ3v) is 4.57. The summed E-state index contributed by atoms with van der Waals surface area (Å²) in [5.41, 5.74) is -5.56. The van der Waals surface area contributed by atoms with Gasteiger partial charge in [0, 0.05) is 0 Å². The van der Waals surface area contributed by atoms with Crippen LogP contribution in [0.1, 0.15) is 0 Å². The van der Waals surface area contributed by atoms with Gasteiger partial charge in [0.1, 0.15) is 0 Å². The van der Waals surface area contributed by atoms with Crippen molar-refractivity contribution in [3.63, 3.8) is 0 Å². The highest BCUT2D eigenvalue weighted by Crippen LogP contribution is 2.63. The zero-order valence-electron chi connectivity index (χ0n) is 7.94. The van der Waals surface area contributed by atoms with Crippen molar-refractivity contribution in [1.82, 2.24) is 0 Å². The maximum Gasteiger partial charge on any atom is 0.591 e. The van der Waals surface area contributed by atoms with Gasteiger partial charge in [-0.2, -0.15) is 35.2 Å². The topological polar surface area (TPSA) is 71.1 Å². The standard InChI is InChI=1S/C4H9F3O6PS/c1-10-14(11-2,12-3)13-15(8,9)4(5,6)7/h1-3H3/q+1. The Labute approximate surface area is 85.1 Å². The molecule has 0 aromatic rings. The number of hydrogen-bond donors (Lipinski definition) is 0. The molecule has 6 nitrogen and oxygen atoms in total. The molecule has 0 heterocycles. The van der Waals surface area contributed by atoms with Gasteiger partial charge in [-0.3, -0.25) is 0 Å². The third kappa shape index (κ3) is 3.51. The fourth-order valence-corrected chi connectivity index (χ4v) is 2.95. The Morgan fingerprint density at radius 1 is 1.00 bits per heavy atom. The quantitative estimate of drug-likeness (QED) is 0.558. The van der Waals surface area contributed by atoms with E-state index in [1.54, 1.807) is 0 Å². The molecule has 0 saturated heterocycles. The van der Waals surface area contributed by atoms with E-state index in [0.717, 1.165) is 21.3 Å². The molecule has 0 aliphatic heterocycles. The maximum atomic E-state index is 11.9. The van der Waals surface area contributed by atoms with E-state index in [0.29, 0.717) is 0 Å². The largest absolute Gasteiger partial charge is 0.591 e. The Bertz CT molecular complexity index is 288. The summed E-state index contributed by atoms with van der Waals surface area (Å²) in [4.78, 5) is 0. The summed E-state index contributed by atoms with van der Waals surface area (Å²) < 4.78 is 73.6. The minimum Gasteiger partial charge on any atom is -0.186 e. The van der Waals surface area contributed by atoms with E-state index in [4.69, 9.17) is 0 Å². The van der Waals surface area contributed by atoms with E-state index in [1.165, 1.54) is 0 Å². The summed E-state index contributed by atoms with van der Waals surface area (Å²) in [5, 5.41) is 0. The van der Waals surface area contributed by atoms with E-state index in [9.17, 15) is 21.6 Å². The maximum absolute atomic E-state index is 11.9. The molecule has 92 valence electrons. The molecule has 0 aromatic carbocycles. The minimum atomic E-state index is -5.82. The summed E-state index contributed by atoms with van der Waals surface area (Å²) in [6.07, 6.45) is 0. The second-order valence-electron chi connectivity index (χ2n) is 1.97. The molecule has 0 aliphatic rings. The Morgan fingerprint density at radius 3 is 1.53 bits per heavy atom. The molecule has 11 heteroatoms. The summed E-state index contributed by atoms with van der Waals surface area (Å²) >= 11 is 0. The van der Waals surface area contributed by atoms with Gasteiger partial charge in [0.25, 0.3) is 0 Å². The summed E-state index contributed by atoms with van der Waals surface area (Å²) in [6.45, 7) is 0. The fourth-order valence-electron chi connectivity index (χ4n) is 0.477. The van der Waals surface area contributed by atoms with Crippen LogP contribution in [-0.2, 0) is 27.7 Å². The van der Waals surface area contributed by atoms with Gasteiger partial charge in [-0.15, -0.1) is 0 Å². The van der Waals surface area contributed by atoms with Crippen LogP contribution in [0.3, 0.4) is 0 Å². The van der Waals surface area contributed by atoms with Crippen LogP contribution in [0.2, 0.25) is 0 Å². The van der Waals surface area contributed by atoms with Crippen LogP contribution < -0.4 is 0 Å².